The summed E-state index contributed by atoms with van der Waals surface area (Å²) in [5.74, 6) is 0.867. The number of rotatable bonds is 9. The van der Waals surface area contributed by atoms with Gasteiger partial charge in [-0.3, -0.25) is 0 Å². The molecular formula is C15H25NO2. The van der Waals surface area contributed by atoms with Gasteiger partial charge in [-0.1, -0.05) is 32.4 Å². The minimum atomic E-state index is 0.00904. The number of ether oxygens (including phenoxy) is 1. The lowest BCUT2D eigenvalue weighted by Gasteiger charge is -2.16. The van der Waals surface area contributed by atoms with E-state index in [0.717, 1.165) is 18.7 Å². The second-order valence-corrected chi connectivity index (χ2v) is 4.50. The van der Waals surface area contributed by atoms with Gasteiger partial charge in [-0.25, -0.2) is 0 Å². The van der Waals surface area contributed by atoms with Gasteiger partial charge in [0.1, 0.15) is 12.4 Å². The van der Waals surface area contributed by atoms with E-state index in [0.29, 0.717) is 6.61 Å². The van der Waals surface area contributed by atoms with Gasteiger partial charge in [-0.05, 0) is 37.1 Å². The molecule has 1 unspecified atom stereocenters. The second-order valence-electron chi connectivity index (χ2n) is 4.50. The van der Waals surface area contributed by atoms with E-state index in [1.807, 2.05) is 19.1 Å². The predicted octanol–water partition coefficient (Wildman–Crippen LogP) is 2.38. The van der Waals surface area contributed by atoms with Gasteiger partial charge in [0.25, 0.3) is 0 Å². The number of hydrogen-bond acceptors (Lipinski definition) is 3. The molecule has 0 fully saturated rings. The Balaban J connectivity index is 2.38. The third kappa shape index (κ3) is 5.52. The molecule has 0 saturated heterocycles. The molecule has 0 radical (unpaired) electrons. The monoisotopic (exact) mass is 251 g/mol. The largest absolute Gasteiger partial charge is 0.492 e. The van der Waals surface area contributed by atoms with E-state index in [4.69, 9.17) is 9.84 Å². The molecule has 1 rings (SSSR count). The number of unbranched alkanes of at least 4 members (excludes halogenated alkanes) is 1. The van der Waals surface area contributed by atoms with Gasteiger partial charge in [-0.2, -0.15) is 0 Å². The van der Waals surface area contributed by atoms with Crippen LogP contribution in [0.2, 0.25) is 0 Å². The Morgan fingerprint density at radius 2 is 1.94 bits per heavy atom. The fourth-order valence-corrected chi connectivity index (χ4v) is 1.79. The highest BCUT2D eigenvalue weighted by Crippen LogP contribution is 2.14. The maximum absolute atomic E-state index is 9.13. The van der Waals surface area contributed by atoms with Crippen LogP contribution in [-0.4, -0.2) is 30.9 Å². The van der Waals surface area contributed by atoms with Gasteiger partial charge in [0, 0.05) is 0 Å². The number of aliphatic hydroxyl groups excluding tert-OH is 1. The van der Waals surface area contributed by atoms with Crippen LogP contribution in [0.15, 0.2) is 24.3 Å². The lowest BCUT2D eigenvalue weighted by molar-refractivity contribution is 0.184. The molecule has 0 aliphatic rings. The lowest BCUT2D eigenvalue weighted by Crippen LogP contribution is -2.37. The summed E-state index contributed by atoms with van der Waals surface area (Å²) in [4.78, 5) is 0. The fraction of sp³-hybridized carbons (Fsp3) is 0.600. The lowest BCUT2D eigenvalue weighted by atomic mass is 10.1. The zero-order valence-electron chi connectivity index (χ0n) is 11.5. The molecule has 0 heterocycles. The van der Waals surface area contributed by atoms with Crippen molar-refractivity contribution in [3.8, 4) is 5.75 Å². The molecule has 18 heavy (non-hydrogen) atoms. The normalized spacial score (nSPS) is 12.4. The first-order valence-electron chi connectivity index (χ1n) is 6.86. The van der Waals surface area contributed by atoms with Crippen LogP contribution in [0.5, 0.6) is 5.75 Å². The summed E-state index contributed by atoms with van der Waals surface area (Å²) in [6.45, 7) is 5.66. The number of benzene rings is 1. The second kappa shape index (κ2) is 8.95. The van der Waals surface area contributed by atoms with Crippen molar-refractivity contribution < 1.29 is 9.84 Å². The van der Waals surface area contributed by atoms with Crippen LogP contribution in [0.4, 0.5) is 0 Å². The number of hydrogen-bond donors (Lipinski definition) is 2. The molecule has 1 aromatic rings. The number of nitrogens with one attached hydrogen (secondary N) is 1. The summed E-state index contributed by atoms with van der Waals surface area (Å²) in [6, 6.07) is 8.25. The highest BCUT2D eigenvalue weighted by atomic mass is 16.5. The zero-order chi connectivity index (χ0) is 13.2. The van der Waals surface area contributed by atoms with Crippen LogP contribution in [0.25, 0.3) is 0 Å². The third-order valence-corrected chi connectivity index (χ3v) is 2.91. The van der Waals surface area contributed by atoms with E-state index < -0.39 is 0 Å². The van der Waals surface area contributed by atoms with Crippen molar-refractivity contribution in [3.05, 3.63) is 29.8 Å². The van der Waals surface area contributed by atoms with E-state index in [9.17, 15) is 0 Å². The maximum Gasteiger partial charge on any atom is 0.119 e. The first kappa shape index (κ1) is 15.0. The molecule has 3 nitrogen and oxygen atoms in total. The van der Waals surface area contributed by atoms with E-state index in [2.05, 4.69) is 24.4 Å². The van der Waals surface area contributed by atoms with Crippen molar-refractivity contribution >= 4 is 0 Å². The van der Waals surface area contributed by atoms with Crippen molar-refractivity contribution in [1.29, 1.82) is 0 Å². The van der Waals surface area contributed by atoms with Crippen LogP contribution in [0, 0.1) is 0 Å². The summed E-state index contributed by atoms with van der Waals surface area (Å²) < 4.78 is 5.65. The van der Waals surface area contributed by atoms with Gasteiger partial charge in [-0.15, -0.1) is 0 Å². The maximum atomic E-state index is 9.13. The standard InChI is InChI=1S/C15H25NO2/c1-3-5-6-13-7-9-15(10-8-13)18-12-14(11-17)16-4-2/h7-10,14,16-17H,3-6,11-12H2,1-2H3. The first-order chi connectivity index (χ1) is 8.80. The Morgan fingerprint density at radius 3 is 2.50 bits per heavy atom. The molecule has 2 N–H and O–H groups in total. The van der Waals surface area contributed by atoms with E-state index in [1.165, 1.54) is 18.4 Å². The van der Waals surface area contributed by atoms with Crippen molar-refractivity contribution in [2.24, 2.45) is 0 Å². The van der Waals surface area contributed by atoms with Crippen molar-refractivity contribution in [1.82, 2.24) is 5.32 Å². The molecule has 0 spiro atoms. The van der Waals surface area contributed by atoms with Crippen LogP contribution in [0.1, 0.15) is 32.3 Å². The van der Waals surface area contributed by atoms with Crippen LogP contribution in [0.3, 0.4) is 0 Å². The number of aliphatic hydroxyl groups is 1. The van der Waals surface area contributed by atoms with Crippen LogP contribution < -0.4 is 10.1 Å². The summed E-state index contributed by atoms with van der Waals surface area (Å²) >= 11 is 0. The summed E-state index contributed by atoms with van der Waals surface area (Å²) in [6.07, 6.45) is 3.58. The highest BCUT2D eigenvalue weighted by Gasteiger charge is 2.06. The summed E-state index contributed by atoms with van der Waals surface area (Å²) in [5, 5.41) is 12.3. The summed E-state index contributed by atoms with van der Waals surface area (Å²) in [5.41, 5.74) is 1.36. The third-order valence-electron chi connectivity index (χ3n) is 2.91. The molecule has 0 saturated carbocycles. The quantitative estimate of drug-likeness (QED) is 0.708. The molecule has 102 valence electrons. The van der Waals surface area contributed by atoms with Gasteiger partial charge in [0.15, 0.2) is 0 Å². The Hall–Kier alpha value is -1.06. The predicted molar refractivity (Wildman–Crippen MR) is 75.1 cm³/mol. The van der Waals surface area contributed by atoms with E-state index >= 15 is 0 Å². The van der Waals surface area contributed by atoms with Crippen LogP contribution in [-0.2, 0) is 6.42 Å². The molecule has 3 heteroatoms. The average Bonchev–Trinajstić information content (AvgIpc) is 2.42. The minimum Gasteiger partial charge on any atom is -0.492 e. The SMILES string of the molecule is CCCCc1ccc(OCC(CO)NCC)cc1. The summed E-state index contributed by atoms with van der Waals surface area (Å²) in [7, 11) is 0. The van der Waals surface area contributed by atoms with Gasteiger partial charge in [0.05, 0.1) is 12.6 Å². The number of likely N-dealkylation sites (N-methyl/N-ethyl adjacent to an activating group) is 1. The average molecular weight is 251 g/mol. The Labute approximate surface area is 110 Å². The van der Waals surface area contributed by atoms with E-state index in [-0.39, 0.29) is 12.6 Å². The highest BCUT2D eigenvalue weighted by molar-refractivity contribution is 5.27. The molecule has 0 aliphatic carbocycles. The Morgan fingerprint density at radius 1 is 1.22 bits per heavy atom. The minimum absolute atomic E-state index is 0.00904. The van der Waals surface area contributed by atoms with Crippen LogP contribution >= 0.6 is 0 Å². The van der Waals surface area contributed by atoms with Gasteiger partial charge in [0.2, 0.25) is 0 Å². The van der Waals surface area contributed by atoms with Gasteiger partial charge >= 0.3 is 0 Å². The topological polar surface area (TPSA) is 41.5 Å². The molecular weight excluding hydrogens is 226 g/mol. The smallest absolute Gasteiger partial charge is 0.119 e. The molecule has 0 aromatic heterocycles. The molecule has 1 atom stereocenters. The van der Waals surface area contributed by atoms with Crippen molar-refractivity contribution in [2.45, 2.75) is 39.2 Å². The van der Waals surface area contributed by atoms with E-state index in [1.54, 1.807) is 0 Å². The first-order valence-corrected chi connectivity index (χ1v) is 6.86. The number of aryl methyl sites for hydroxylation is 1. The fourth-order valence-electron chi connectivity index (χ4n) is 1.79. The zero-order valence-corrected chi connectivity index (χ0v) is 11.5. The molecule has 0 aliphatic heterocycles. The Bertz CT molecular complexity index is 311. The van der Waals surface area contributed by atoms with Gasteiger partial charge < -0.3 is 15.2 Å². The van der Waals surface area contributed by atoms with Crippen molar-refractivity contribution in [3.63, 3.8) is 0 Å². The molecule has 0 bridgehead atoms. The molecule has 0 amide bonds. The Kier molecular flexibility index (Phi) is 7.46. The molecule has 1 aromatic carbocycles. The van der Waals surface area contributed by atoms with Crippen molar-refractivity contribution in [2.75, 3.05) is 19.8 Å².